The van der Waals surface area contributed by atoms with Gasteiger partial charge in [-0.2, -0.15) is 0 Å². The summed E-state index contributed by atoms with van der Waals surface area (Å²) in [5, 5.41) is 0. The molecule has 4 rings (SSSR count). The molecular weight excluding hydrogens is 588 g/mol. The van der Waals surface area contributed by atoms with Crippen molar-refractivity contribution in [3.63, 3.8) is 0 Å². The van der Waals surface area contributed by atoms with Gasteiger partial charge < -0.3 is 38.2 Å². The number of ether oxygens (including phenoxy) is 6. The second-order valence-electron chi connectivity index (χ2n) is 10.3. The van der Waals surface area contributed by atoms with Gasteiger partial charge in [0.25, 0.3) is 11.8 Å². The summed E-state index contributed by atoms with van der Waals surface area (Å²) in [6.45, 7) is 1.09. The van der Waals surface area contributed by atoms with E-state index in [9.17, 15) is 9.59 Å². The molecule has 0 saturated heterocycles. The maximum Gasteiger partial charge on any atom is 0.254 e. The van der Waals surface area contributed by atoms with Crippen LogP contribution in [0.25, 0.3) is 0 Å². The summed E-state index contributed by atoms with van der Waals surface area (Å²) < 4.78 is 32.9. The van der Waals surface area contributed by atoms with Crippen LogP contribution in [0.15, 0.2) is 84.9 Å². The van der Waals surface area contributed by atoms with Crippen molar-refractivity contribution in [2.24, 2.45) is 0 Å². The van der Waals surface area contributed by atoms with Gasteiger partial charge in [0.05, 0.1) is 42.7 Å². The van der Waals surface area contributed by atoms with E-state index in [1.165, 1.54) is 42.7 Å². The first-order chi connectivity index (χ1) is 22.4. The topological polar surface area (TPSA) is 96.0 Å². The van der Waals surface area contributed by atoms with Crippen LogP contribution in [0.4, 0.5) is 0 Å². The van der Waals surface area contributed by atoms with Crippen molar-refractivity contribution in [2.45, 2.75) is 13.1 Å². The maximum absolute atomic E-state index is 14.2. The van der Waals surface area contributed by atoms with Gasteiger partial charge in [0.15, 0.2) is 23.0 Å². The van der Waals surface area contributed by atoms with Gasteiger partial charge in [0.1, 0.15) is 0 Å². The molecule has 0 fully saturated rings. The third kappa shape index (κ3) is 7.82. The second-order valence-corrected chi connectivity index (χ2v) is 10.3. The lowest BCUT2D eigenvalue weighted by Gasteiger charge is -2.29. The minimum Gasteiger partial charge on any atom is -0.493 e. The lowest BCUT2D eigenvalue weighted by molar-refractivity contribution is 0.0643. The molecule has 0 radical (unpaired) electrons. The molecule has 0 spiro atoms. The first-order valence-electron chi connectivity index (χ1n) is 14.6. The van der Waals surface area contributed by atoms with E-state index < -0.39 is 0 Å². The molecule has 10 heteroatoms. The maximum atomic E-state index is 14.2. The Labute approximate surface area is 270 Å². The van der Waals surface area contributed by atoms with Crippen molar-refractivity contribution in [3.05, 3.63) is 107 Å². The molecule has 0 aliphatic carbocycles. The van der Waals surface area contributed by atoms with Gasteiger partial charge in [-0.05, 0) is 35.4 Å². The van der Waals surface area contributed by atoms with Crippen LogP contribution in [0.5, 0.6) is 34.5 Å². The number of hydrogen-bond donors (Lipinski definition) is 0. The molecule has 0 bridgehead atoms. The van der Waals surface area contributed by atoms with Crippen LogP contribution in [0.1, 0.15) is 31.8 Å². The van der Waals surface area contributed by atoms with Crippen molar-refractivity contribution < 1.29 is 38.0 Å². The fourth-order valence-electron chi connectivity index (χ4n) is 5.13. The SMILES string of the molecule is COc1cc(C(=O)N(CCN(Cc2ccccc2)C(=O)c2cc(OC)c(OC)c(OC)c2)Cc2ccccc2)cc(OC)c1OC. The number of methoxy groups -OCH3 is 6. The van der Waals surface area contributed by atoms with E-state index in [-0.39, 0.29) is 24.9 Å². The van der Waals surface area contributed by atoms with Crippen molar-refractivity contribution in [1.29, 1.82) is 0 Å². The van der Waals surface area contributed by atoms with Gasteiger partial charge >= 0.3 is 0 Å². The molecule has 242 valence electrons. The van der Waals surface area contributed by atoms with Crippen LogP contribution in [0.2, 0.25) is 0 Å². The number of carbonyl (C=O) groups excluding carboxylic acids is 2. The molecule has 0 unspecified atom stereocenters. The Bertz CT molecular complexity index is 1440. The average molecular weight is 629 g/mol. The Balaban J connectivity index is 1.71. The van der Waals surface area contributed by atoms with E-state index in [0.717, 1.165) is 11.1 Å². The molecule has 0 aliphatic rings. The number of carbonyl (C=O) groups is 2. The number of amides is 2. The minimum absolute atomic E-state index is 0.230. The molecule has 0 atom stereocenters. The summed E-state index contributed by atoms with van der Waals surface area (Å²) in [6.07, 6.45) is 0. The molecule has 0 aliphatic heterocycles. The summed E-state index contributed by atoms with van der Waals surface area (Å²) in [7, 11) is 9.03. The third-order valence-corrected chi connectivity index (χ3v) is 7.47. The number of rotatable bonds is 15. The van der Waals surface area contributed by atoms with E-state index in [1.807, 2.05) is 60.7 Å². The van der Waals surface area contributed by atoms with Crippen LogP contribution < -0.4 is 28.4 Å². The molecule has 0 N–H and O–H groups in total. The number of hydrogen-bond acceptors (Lipinski definition) is 8. The minimum atomic E-state index is -0.261. The summed E-state index contributed by atoms with van der Waals surface area (Å²) in [6, 6.07) is 25.9. The third-order valence-electron chi connectivity index (χ3n) is 7.47. The van der Waals surface area contributed by atoms with Gasteiger partial charge in [0.2, 0.25) is 11.5 Å². The lowest BCUT2D eigenvalue weighted by Crippen LogP contribution is -2.40. The van der Waals surface area contributed by atoms with Crippen LogP contribution in [0.3, 0.4) is 0 Å². The van der Waals surface area contributed by atoms with Crippen molar-refractivity contribution in [2.75, 3.05) is 55.7 Å². The average Bonchev–Trinajstić information content (AvgIpc) is 3.11. The lowest BCUT2D eigenvalue weighted by atomic mass is 10.1. The van der Waals surface area contributed by atoms with Gasteiger partial charge in [0, 0.05) is 37.3 Å². The number of benzene rings is 4. The largest absolute Gasteiger partial charge is 0.493 e. The zero-order chi connectivity index (χ0) is 33.1. The van der Waals surface area contributed by atoms with Gasteiger partial charge in [-0.1, -0.05) is 60.7 Å². The molecule has 4 aromatic carbocycles. The molecule has 2 amide bonds. The molecular formula is C36H40N2O8. The van der Waals surface area contributed by atoms with Crippen LogP contribution in [-0.4, -0.2) is 77.4 Å². The Morgan fingerprint density at radius 3 is 1.04 bits per heavy atom. The molecule has 10 nitrogen and oxygen atoms in total. The van der Waals surface area contributed by atoms with Crippen LogP contribution in [-0.2, 0) is 13.1 Å². The van der Waals surface area contributed by atoms with E-state index >= 15 is 0 Å². The van der Waals surface area contributed by atoms with Gasteiger partial charge in [-0.25, -0.2) is 0 Å². The Hall–Kier alpha value is -5.38. The molecule has 46 heavy (non-hydrogen) atoms. The first kappa shape index (κ1) is 33.5. The quantitative estimate of drug-likeness (QED) is 0.165. The Kier molecular flexibility index (Phi) is 11.7. The van der Waals surface area contributed by atoms with E-state index in [1.54, 1.807) is 34.1 Å². The summed E-state index contributed by atoms with van der Waals surface area (Å²) >= 11 is 0. The van der Waals surface area contributed by atoms with Gasteiger partial charge in [-0.3, -0.25) is 9.59 Å². The highest BCUT2D eigenvalue weighted by atomic mass is 16.5. The zero-order valence-corrected chi connectivity index (χ0v) is 27.1. The highest BCUT2D eigenvalue weighted by Crippen LogP contribution is 2.39. The van der Waals surface area contributed by atoms with E-state index in [2.05, 4.69) is 0 Å². The van der Waals surface area contributed by atoms with Crippen LogP contribution >= 0.6 is 0 Å². The van der Waals surface area contributed by atoms with Crippen molar-refractivity contribution in [1.82, 2.24) is 9.80 Å². The fourth-order valence-corrected chi connectivity index (χ4v) is 5.13. The van der Waals surface area contributed by atoms with Crippen LogP contribution in [0, 0.1) is 0 Å². The fraction of sp³-hybridized carbons (Fsp3) is 0.278. The summed E-state index contributed by atoms with van der Waals surface area (Å²) in [5.74, 6) is 1.73. The second kappa shape index (κ2) is 16.1. The normalized spacial score (nSPS) is 10.5. The van der Waals surface area contributed by atoms with Crippen molar-refractivity contribution >= 4 is 11.8 Å². The molecule has 0 saturated carbocycles. The molecule has 4 aromatic rings. The van der Waals surface area contributed by atoms with E-state index in [4.69, 9.17) is 28.4 Å². The Morgan fingerprint density at radius 1 is 0.478 bits per heavy atom. The standard InChI is InChI=1S/C36H40N2O8/c1-41-29-19-27(20-30(42-2)33(29)45-5)35(39)37(23-25-13-9-7-10-14-25)17-18-38(24-26-15-11-8-12-16-26)36(40)28-21-31(43-3)34(46-6)32(22-28)44-4/h7-16,19-22H,17-18,23-24H2,1-6H3. The summed E-state index contributed by atoms with van der Waals surface area (Å²) in [4.78, 5) is 31.7. The first-order valence-corrected chi connectivity index (χ1v) is 14.6. The van der Waals surface area contributed by atoms with E-state index in [0.29, 0.717) is 58.7 Å². The molecule has 0 aromatic heterocycles. The molecule has 0 heterocycles. The van der Waals surface area contributed by atoms with Gasteiger partial charge in [-0.15, -0.1) is 0 Å². The Morgan fingerprint density at radius 2 is 0.783 bits per heavy atom. The monoisotopic (exact) mass is 628 g/mol. The number of nitrogens with zero attached hydrogens (tertiary/aromatic N) is 2. The zero-order valence-electron chi connectivity index (χ0n) is 27.1. The highest BCUT2D eigenvalue weighted by molar-refractivity contribution is 5.97. The predicted molar refractivity (Wildman–Crippen MR) is 175 cm³/mol. The summed E-state index contributed by atoms with van der Waals surface area (Å²) in [5.41, 5.74) is 2.59. The van der Waals surface area contributed by atoms with Crippen molar-refractivity contribution in [3.8, 4) is 34.5 Å². The highest BCUT2D eigenvalue weighted by Gasteiger charge is 2.25. The smallest absolute Gasteiger partial charge is 0.254 e. The predicted octanol–water partition coefficient (Wildman–Crippen LogP) is 5.72.